The van der Waals surface area contributed by atoms with Crippen molar-refractivity contribution < 1.29 is 8.42 Å². The summed E-state index contributed by atoms with van der Waals surface area (Å²) in [6.07, 6.45) is 1.96. The third-order valence-electron chi connectivity index (χ3n) is 3.38. The van der Waals surface area contributed by atoms with E-state index < -0.39 is 10.0 Å². The summed E-state index contributed by atoms with van der Waals surface area (Å²) in [7, 11) is -1.64. The molecule has 0 aromatic heterocycles. The molecule has 0 bridgehead atoms. The van der Waals surface area contributed by atoms with Gasteiger partial charge < -0.3 is 5.32 Å². The first-order chi connectivity index (χ1) is 8.91. The van der Waals surface area contributed by atoms with E-state index in [0.717, 1.165) is 24.9 Å². The highest BCUT2D eigenvalue weighted by Crippen LogP contribution is 2.30. The Morgan fingerprint density at radius 1 is 1.26 bits per heavy atom. The maximum Gasteiger partial charge on any atom is 0.243 e. The molecule has 4 nitrogen and oxygen atoms in total. The zero-order chi connectivity index (χ0) is 14.0. The van der Waals surface area contributed by atoms with Crippen LogP contribution in [-0.2, 0) is 16.6 Å². The van der Waals surface area contributed by atoms with Crippen LogP contribution in [-0.4, -0.2) is 31.9 Å². The molecule has 1 saturated carbocycles. The molecular weight excluding hydrogens is 260 g/mol. The molecule has 0 aliphatic heterocycles. The second-order valence-corrected chi connectivity index (χ2v) is 7.43. The second-order valence-electron chi connectivity index (χ2n) is 5.43. The SMILES string of the molecule is CC(C)NCc1ccc(S(=O)(=O)N(C)C2CC2)cc1. The highest BCUT2D eigenvalue weighted by Gasteiger charge is 2.34. The fourth-order valence-corrected chi connectivity index (χ4v) is 3.32. The van der Waals surface area contributed by atoms with Crippen LogP contribution >= 0.6 is 0 Å². The molecule has 0 amide bonds. The summed E-state index contributed by atoms with van der Waals surface area (Å²) in [5.41, 5.74) is 1.10. The van der Waals surface area contributed by atoms with Crippen molar-refractivity contribution in [3.8, 4) is 0 Å². The first-order valence-electron chi connectivity index (χ1n) is 6.71. The normalized spacial score (nSPS) is 16.3. The Hall–Kier alpha value is -0.910. The predicted octanol–water partition coefficient (Wildman–Crippen LogP) is 1.97. The van der Waals surface area contributed by atoms with Crippen molar-refractivity contribution in [1.82, 2.24) is 9.62 Å². The fourth-order valence-electron chi connectivity index (χ4n) is 1.90. The van der Waals surface area contributed by atoms with Gasteiger partial charge in [-0.05, 0) is 30.5 Å². The molecule has 0 radical (unpaired) electrons. The lowest BCUT2D eigenvalue weighted by atomic mass is 10.2. The van der Waals surface area contributed by atoms with Crippen LogP contribution in [0.5, 0.6) is 0 Å². The molecule has 5 heteroatoms. The van der Waals surface area contributed by atoms with Gasteiger partial charge in [0, 0.05) is 25.7 Å². The lowest BCUT2D eigenvalue weighted by Gasteiger charge is -2.16. The summed E-state index contributed by atoms with van der Waals surface area (Å²) in [6, 6.07) is 7.78. The van der Waals surface area contributed by atoms with E-state index in [-0.39, 0.29) is 6.04 Å². The average Bonchev–Trinajstić information content (AvgIpc) is 3.20. The average molecular weight is 282 g/mol. The molecule has 1 aromatic rings. The Kier molecular flexibility index (Phi) is 4.28. The molecule has 0 saturated heterocycles. The van der Waals surface area contributed by atoms with Crippen molar-refractivity contribution in [2.75, 3.05) is 7.05 Å². The van der Waals surface area contributed by atoms with E-state index in [1.54, 1.807) is 19.2 Å². The van der Waals surface area contributed by atoms with Crippen LogP contribution in [0, 0.1) is 0 Å². The van der Waals surface area contributed by atoms with Crippen LogP contribution in [0.3, 0.4) is 0 Å². The largest absolute Gasteiger partial charge is 0.310 e. The topological polar surface area (TPSA) is 49.4 Å². The van der Waals surface area contributed by atoms with E-state index in [0.29, 0.717) is 10.9 Å². The Bertz CT molecular complexity index is 519. The van der Waals surface area contributed by atoms with Gasteiger partial charge in [0.1, 0.15) is 0 Å². The van der Waals surface area contributed by atoms with Gasteiger partial charge in [-0.2, -0.15) is 4.31 Å². The molecular formula is C14H22N2O2S. The zero-order valence-corrected chi connectivity index (χ0v) is 12.6. The molecule has 1 aliphatic rings. The Balaban J connectivity index is 2.09. The molecule has 1 fully saturated rings. The standard InChI is InChI=1S/C14H22N2O2S/c1-11(2)15-10-12-4-8-14(9-5-12)19(17,18)16(3)13-6-7-13/h4-5,8-9,11,13,15H,6-7,10H2,1-3H3. The van der Waals surface area contributed by atoms with E-state index in [1.807, 2.05) is 12.1 Å². The van der Waals surface area contributed by atoms with E-state index in [9.17, 15) is 8.42 Å². The minimum absolute atomic E-state index is 0.201. The van der Waals surface area contributed by atoms with Crippen LogP contribution < -0.4 is 5.32 Å². The monoisotopic (exact) mass is 282 g/mol. The summed E-state index contributed by atoms with van der Waals surface area (Å²) in [4.78, 5) is 0.384. The summed E-state index contributed by atoms with van der Waals surface area (Å²) in [6.45, 7) is 4.93. The van der Waals surface area contributed by atoms with Gasteiger partial charge in [0.25, 0.3) is 0 Å². The van der Waals surface area contributed by atoms with E-state index in [4.69, 9.17) is 0 Å². The Labute approximate surface area is 115 Å². The van der Waals surface area contributed by atoms with Gasteiger partial charge >= 0.3 is 0 Å². The number of hydrogen-bond donors (Lipinski definition) is 1. The van der Waals surface area contributed by atoms with Crippen molar-refractivity contribution in [3.05, 3.63) is 29.8 Å². The number of sulfonamides is 1. The van der Waals surface area contributed by atoms with Crippen LogP contribution in [0.15, 0.2) is 29.2 Å². The number of nitrogens with one attached hydrogen (secondary N) is 1. The van der Waals surface area contributed by atoms with Gasteiger partial charge in [0.2, 0.25) is 10.0 Å². The zero-order valence-electron chi connectivity index (χ0n) is 11.8. The van der Waals surface area contributed by atoms with Gasteiger partial charge in [0.05, 0.1) is 4.90 Å². The summed E-state index contributed by atoms with van der Waals surface area (Å²) in [5, 5.41) is 3.31. The molecule has 0 atom stereocenters. The summed E-state index contributed by atoms with van der Waals surface area (Å²) < 4.78 is 26.1. The van der Waals surface area contributed by atoms with Crippen molar-refractivity contribution in [2.45, 2.75) is 50.2 Å². The minimum atomic E-state index is -3.31. The second kappa shape index (κ2) is 5.61. The number of rotatable bonds is 6. The molecule has 1 aliphatic carbocycles. The minimum Gasteiger partial charge on any atom is -0.310 e. The van der Waals surface area contributed by atoms with Crippen LogP contribution in [0.25, 0.3) is 0 Å². The van der Waals surface area contributed by atoms with E-state index >= 15 is 0 Å². The van der Waals surface area contributed by atoms with Crippen molar-refractivity contribution in [1.29, 1.82) is 0 Å². The van der Waals surface area contributed by atoms with Crippen LogP contribution in [0.4, 0.5) is 0 Å². The molecule has 2 rings (SSSR count). The molecule has 19 heavy (non-hydrogen) atoms. The van der Waals surface area contributed by atoms with Crippen molar-refractivity contribution in [3.63, 3.8) is 0 Å². The Morgan fingerprint density at radius 3 is 2.32 bits per heavy atom. The van der Waals surface area contributed by atoms with Gasteiger partial charge in [0.15, 0.2) is 0 Å². The predicted molar refractivity (Wildman–Crippen MR) is 76.4 cm³/mol. The quantitative estimate of drug-likeness (QED) is 0.868. The lowest BCUT2D eigenvalue weighted by molar-refractivity contribution is 0.464. The lowest BCUT2D eigenvalue weighted by Crippen LogP contribution is -2.29. The summed E-state index contributed by atoms with van der Waals surface area (Å²) in [5.74, 6) is 0. The highest BCUT2D eigenvalue weighted by molar-refractivity contribution is 7.89. The first kappa shape index (κ1) is 14.5. The van der Waals surface area contributed by atoms with Crippen molar-refractivity contribution in [2.24, 2.45) is 0 Å². The van der Waals surface area contributed by atoms with E-state index in [1.165, 1.54) is 4.31 Å². The van der Waals surface area contributed by atoms with Crippen LogP contribution in [0.1, 0.15) is 32.3 Å². The smallest absolute Gasteiger partial charge is 0.243 e. The van der Waals surface area contributed by atoms with Gasteiger partial charge in [-0.3, -0.25) is 0 Å². The molecule has 0 spiro atoms. The molecule has 1 aromatic carbocycles. The van der Waals surface area contributed by atoms with Crippen LogP contribution in [0.2, 0.25) is 0 Å². The van der Waals surface area contributed by atoms with E-state index in [2.05, 4.69) is 19.2 Å². The van der Waals surface area contributed by atoms with Gasteiger partial charge in [-0.1, -0.05) is 26.0 Å². The molecule has 0 heterocycles. The number of hydrogen-bond acceptors (Lipinski definition) is 3. The van der Waals surface area contributed by atoms with Gasteiger partial charge in [-0.15, -0.1) is 0 Å². The van der Waals surface area contributed by atoms with Crippen molar-refractivity contribution >= 4 is 10.0 Å². The maximum absolute atomic E-state index is 12.3. The third kappa shape index (κ3) is 3.55. The molecule has 1 N–H and O–H groups in total. The number of benzene rings is 1. The molecule has 0 unspecified atom stereocenters. The maximum atomic E-state index is 12.3. The first-order valence-corrected chi connectivity index (χ1v) is 8.15. The fraction of sp³-hybridized carbons (Fsp3) is 0.571. The third-order valence-corrected chi connectivity index (χ3v) is 5.30. The number of nitrogens with zero attached hydrogens (tertiary/aromatic N) is 1. The molecule has 106 valence electrons. The Morgan fingerprint density at radius 2 is 1.84 bits per heavy atom. The highest BCUT2D eigenvalue weighted by atomic mass is 32.2. The summed E-state index contributed by atoms with van der Waals surface area (Å²) >= 11 is 0. The van der Waals surface area contributed by atoms with Gasteiger partial charge in [-0.25, -0.2) is 8.42 Å².